The van der Waals surface area contributed by atoms with E-state index in [0.29, 0.717) is 6.04 Å². The van der Waals surface area contributed by atoms with Crippen molar-refractivity contribution in [3.05, 3.63) is 24.0 Å². The van der Waals surface area contributed by atoms with Crippen molar-refractivity contribution in [2.75, 3.05) is 25.5 Å². The summed E-state index contributed by atoms with van der Waals surface area (Å²) in [5.74, 6) is 0.880. The Hall–Kier alpha value is -1.09. The first-order chi connectivity index (χ1) is 8.70. The minimum atomic E-state index is 0.319. The molecule has 0 aromatic carbocycles. The van der Waals surface area contributed by atoms with Crippen molar-refractivity contribution in [2.45, 2.75) is 38.6 Å². The Kier molecular flexibility index (Phi) is 4.59. The molecule has 1 aliphatic rings. The molecule has 3 heteroatoms. The minimum Gasteiger partial charge on any atom is -0.373 e. The third kappa shape index (κ3) is 3.22. The van der Waals surface area contributed by atoms with Gasteiger partial charge in [-0.25, -0.2) is 0 Å². The monoisotopic (exact) mass is 247 g/mol. The second-order valence-corrected chi connectivity index (χ2v) is 5.48. The van der Waals surface area contributed by atoms with Gasteiger partial charge in [-0.3, -0.25) is 4.98 Å². The average Bonchev–Trinajstić information content (AvgIpc) is 2.91. The summed E-state index contributed by atoms with van der Waals surface area (Å²) in [7, 11) is 4.14. The molecule has 0 bridgehead atoms. The van der Waals surface area contributed by atoms with Crippen LogP contribution in [0.4, 0.5) is 5.69 Å². The van der Waals surface area contributed by atoms with Gasteiger partial charge in [0.1, 0.15) is 0 Å². The summed E-state index contributed by atoms with van der Waals surface area (Å²) in [6.45, 7) is 3.30. The molecule has 1 aromatic heterocycles. The van der Waals surface area contributed by atoms with Gasteiger partial charge in [-0.05, 0) is 44.9 Å². The number of anilines is 1. The van der Waals surface area contributed by atoms with Gasteiger partial charge < -0.3 is 10.2 Å². The van der Waals surface area contributed by atoms with Crippen molar-refractivity contribution in [3.8, 4) is 0 Å². The third-order valence-electron chi connectivity index (χ3n) is 4.09. The molecule has 3 nitrogen and oxygen atoms in total. The fourth-order valence-corrected chi connectivity index (χ4v) is 2.71. The first kappa shape index (κ1) is 13.3. The van der Waals surface area contributed by atoms with E-state index in [9.17, 15) is 0 Å². The van der Waals surface area contributed by atoms with Gasteiger partial charge in [0.25, 0.3) is 0 Å². The van der Waals surface area contributed by atoms with Gasteiger partial charge in [-0.1, -0.05) is 12.8 Å². The molecule has 0 amide bonds. The predicted molar refractivity (Wildman–Crippen MR) is 76.9 cm³/mol. The molecule has 0 radical (unpaired) electrons. The van der Waals surface area contributed by atoms with Gasteiger partial charge in [0.05, 0.1) is 17.6 Å². The highest BCUT2D eigenvalue weighted by molar-refractivity contribution is 5.43. The summed E-state index contributed by atoms with van der Waals surface area (Å²) >= 11 is 0. The molecule has 1 aliphatic carbocycles. The molecule has 0 spiro atoms. The van der Waals surface area contributed by atoms with Gasteiger partial charge in [-0.2, -0.15) is 0 Å². The maximum Gasteiger partial charge on any atom is 0.0571 e. The lowest BCUT2D eigenvalue weighted by Crippen LogP contribution is -2.24. The van der Waals surface area contributed by atoms with Crippen molar-refractivity contribution >= 4 is 5.69 Å². The summed E-state index contributed by atoms with van der Waals surface area (Å²) in [5, 5.41) is 3.21. The van der Waals surface area contributed by atoms with Crippen molar-refractivity contribution in [1.82, 2.24) is 10.3 Å². The maximum absolute atomic E-state index is 4.54. The Morgan fingerprint density at radius 2 is 2.11 bits per heavy atom. The molecule has 1 saturated carbocycles. The van der Waals surface area contributed by atoms with Crippen LogP contribution in [0.1, 0.15) is 44.3 Å². The Morgan fingerprint density at radius 3 is 2.67 bits per heavy atom. The Morgan fingerprint density at radius 1 is 1.39 bits per heavy atom. The van der Waals surface area contributed by atoms with Gasteiger partial charge in [-0.15, -0.1) is 0 Å². The molecule has 0 aliphatic heterocycles. The maximum atomic E-state index is 4.54. The van der Waals surface area contributed by atoms with Crippen LogP contribution in [-0.4, -0.2) is 25.6 Å². The highest BCUT2D eigenvalue weighted by atomic mass is 15.1. The van der Waals surface area contributed by atoms with Crippen LogP contribution in [-0.2, 0) is 0 Å². The van der Waals surface area contributed by atoms with Gasteiger partial charge in [0.2, 0.25) is 0 Å². The zero-order chi connectivity index (χ0) is 13.0. The van der Waals surface area contributed by atoms with Crippen LogP contribution in [0.2, 0.25) is 0 Å². The summed E-state index contributed by atoms with van der Waals surface area (Å²) in [6.07, 6.45) is 7.61. The minimum absolute atomic E-state index is 0.319. The fraction of sp³-hybridized carbons (Fsp3) is 0.667. The number of aromatic nitrogens is 1. The molecule has 1 unspecified atom stereocenters. The summed E-state index contributed by atoms with van der Waals surface area (Å²) < 4.78 is 0. The van der Waals surface area contributed by atoms with Crippen molar-refractivity contribution in [2.24, 2.45) is 5.92 Å². The van der Waals surface area contributed by atoms with Crippen molar-refractivity contribution in [1.29, 1.82) is 0 Å². The van der Waals surface area contributed by atoms with Gasteiger partial charge >= 0.3 is 0 Å². The molecule has 1 aromatic rings. The largest absolute Gasteiger partial charge is 0.373 e. The molecule has 1 atom stereocenters. The Bertz CT molecular complexity index is 355. The number of pyridine rings is 1. The van der Waals surface area contributed by atoms with E-state index in [1.807, 2.05) is 13.2 Å². The number of nitrogens with zero attached hydrogens (tertiary/aromatic N) is 2. The number of rotatable bonds is 5. The zero-order valence-corrected chi connectivity index (χ0v) is 11.8. The Labute approximate surface area is 111 Å². The normalized spacial score (nSPS) is 17.9. The highest BCUT2D eigenvalue weighted by Gasteiger charge is 2.17. The average molecular weight is 247 g/mol. The van der Waals surface area contributed by atoms with E-state index in [0.717, 1.165) is 11.6 Å². The molecule has 100 valence electrons. The predicted octanol–water partition coefficient (Wildman–Crippen LogP) is 2.99. The topological polar surface area (TPSA) is 28.2 Å². The zero-order valence-electron chi connectivity index (χ0n) is 11.8. The fourth-order valence-electron chi connectivity index (χ4n) is 2.71. The SMILES string of the molecule is CNC(C)c1ccc(N(C)CC2CCCC2)cn1. The van der Waals surface area contributed by atoms with E-state index in [2.05, 4.69) is 41.3 Å². The lowest BCUT2D eigenvalue weighted by atomic mass is 10.1. The van der Waals surface area contributed by atoms with E-state index >= 15 is 0 Å². The van der Waals surface area contributed by atoms with E-state index < -0.39 is 0 Å². The van der Waals surface area contributed by atoms with Crippen LogP contribution in [0.15, 0.2) is 18.3 Å². The molecular weight excluding hydrogens is 222 g/mol. The van der Waals surface area contributed by atoms with Crippen LogP contribution in [0.3, 0.4) is 0 Å². The second kappa shape index (κ2) is 6.19. The third-order valence-corrected chi connectivity index (χ3v) is 4.09. The molecule has 0 saturated heterocycles. The standard InChI is InChI=1S/C15H25N3/c1-12(16-2)15-9-8-14(10-17-15)18(3)11-13-6-4-5-7-13/h8-10,12-13,16H,4-7,11H2,1-3H3. The lowest BCUT2D eigenvalue weighted by Gasteiger charge is -2.23. The van der Waals surface area contributed by atoms with E-state index in [1.54, 1.807) is 0 Å². The van der Waals surface area contributed by atoms with E-state index in [-0.39, 0.29) is 0 Å². The molecule has 1 N–H and O–H groups in total. The van der Waals surface area contributed by atoms with Crippen LogP contribution in [0.25, 0.3) is 0 Å². The highest BCUT2D eigenvalue weighted by Crippen LogP contribution is 2.26. The second-order valence-electron chi connectivity index (χ2n) is 5.48. The first-order valence-electron chi connectivity index (χ1n) is 7.05. The molecule has 1 fully saturated rings. The molecule has 1 heterocycles. The van der Waals surface area contributed by atoms with Crippen LogP contribution in [0, 0.1) is 5.92 Å². The smallest absolute Gasteiger partial charge is 0.0571 e. The van der Waals surface area contributed by atoms with E-state index in [1.165, 1.54) is 37.9 Å². The van der Waals surface area contributed by atoms with Crippen LogP contribution in [0.5, 0.6) is 0 Å². The summed E-state index contributed by atoms with van der Waals surface area (Å²) in [4.78, 5) is 6.88. The van der Waals surface area contributed by atoms with Crippen LogP contribution < -0.4 is 10.2 Å². The van der Waals surface area contributed by atoms with Gasteiger partial charge in [0.15, 0.2) is 0 Å². The quantitative estimate of drug-likeness (QED) is 0.867. The van der Waals surface area contributed by atoms with Crippen LogP contribution >= 0.6 is 0 Å². The van der Waals surface area contributed by atoms with Crippen molar-refractivity contribution in [3.63, 3.8) is 0 Å². The summed E-state index contributed by atoms with van der Waals surface area (Å²) in [6, 6.07) is 4.63. The summed E-state index contributed by atoms with van der Waals surface area (Å²) in [5.41, 5.74) is 2.34. The number of hydrogen-bond donors (Lipinski definition) is 1. The lowest BCUT2D eigenvalue weighted by molar-refractivity contribution is 0.546. The number of hydrogen-bond acceptors (Lipinski definition) is 3. The Balaban J connectivity index is 1.95. The molecule has 2 rings (SSSR count). The van der Waals surface area contributed by atoms with E-state index in [4.69, 9.17) is 0 Å². The van der Waals surface area contributed by atoms with Crippen molar-refractivity contribution < 1.29 is 0 Å². The first-order valence-corrected chi connectivity index (χ1v) is 7.05. The molecular formula is C15H25N3. The number of nitrogens with one attached hydrogen (secondary N) is 1. The molecule has 18 heavy (non-hydrogen) atoms. The van der Waals surface area contributed by atoms with Gasteiger partial charge in [0, 0.05) is 19.6 Å².